The summed E-state index contributed by atoms with van der Waals surface area (Å²) in [4.78, 5) is -0.821. The maximum Gasteiger partial charge on any atom is 0.244 e. The molecule has 11 heteroatoms. The third-order valence-electron chi connectivity index (χ3n) is 5.11. The normalized spacial score (nSPS) is 16.9. The van der Waals surface area contributed by atoms with Gasteiger partial charge in [0.05, 0.1) is 17.8 Å². The van der Waals surface area contributed by atoms with E-state index in [0.29, 0.717) is 33.8 Å². The fraction of sp³-hybridized carbons (Fsp3) is 0.136. The molecule has 0 fully saturated rings. The van der Waals surface area contributed by atoms with Crippen molar-refractivity contribution in [3.8, 4) is 0 Å². The Bertz CT molecular complexity index is 1340. The highest BCUT2D eigenvalue weighted by Gasteiger charge is 2.33. The third kappa shape index (κ3) is 5.31. The van der Waals surface area contributed by atoms with Gasteiger partial charge in [0, 0.05) is 21.5 Å². The number of hydrogen-bond donors (Lipinski definition) is 2. The van der Waals surface area contributed by atoms with E-state index in [9.17, 15) is 17.2 Å². The van der Waals surface area contributed by atoms with Crippen LogP contribution in [0.2, 0.25) is 15.1 Å². The molecule has 4 rings (SSSR count). The Labute approximate surface area is 204 Å². The van der Waals surface area contributed by atoms with E-state index < -0.39 is 32.6 Å². The van der Waals surface area contributed by atoms with Crippen LogP contribution in [-0.2, 0) is 10.0 Å². The fourth-order valence-corrected chi connectivity index (χ4v) is 5.42. The lowest BCUT2D eigenvalue weighted by atomic mass is 9.96. The summed E-state index contributed by atoms with van der Waals surface area (Å²) in [6, 6.07) is 12.6. The molecule has 3 aromatic rings. The van der Waals surface area contributed by atoms with Crippen LogP contribution >= 0.6 is 34.8 Å². The van der Waals surface area contributed by atoms with Gasteiger partial charge in [-0.3, -0.25) is 0 Å². The third-order valence-corrected chi connectivity index (χ3v) is 7.36. The number of sulfonamides is 1. The summed E-state index contributed by atoms with van der Waals surface area (Å²) >= 11 is 18.3. The van der Waals surface area contributed by atoms with Crippen LogP contribution in [0.4, 0.5) is 8.78 Å². The van der Waals surface area contributed by atoms with Gasteiger partial charge in [-0.1, -0.05) is 53.0 Å². The van der Waals surface area contributed by atoms with Gasteiger partial charge in [-0.05, 0) is 53.6 Å². The predicted molar refractivity (Wildman–Crippen MR) is 125 cm³/mol. The number of halogens is 5. The molecule has 0 saturated carbocycles. The number of hydrazone groups is 1. The molecule has 1 aliphatic heterocycles. The van der Waals surface area contributed by atoms with Crippen molar-refractivity contribution in [2.75, 3.05) is 0 Å². The average Bonchev–Trinajstić information content (AvgIpc) is 3.25. The van der Waals surface area contributed by atoms with Crippen molar-refractivity contribution in [3.63, 3.8) is 0 Å². The molecule has 5 nitrogen and oxygen atoms in total. The lowest BCUT2D eigenvalue weighted by Gasteiger charge is -2.21. The predicted octanol–water partition coefficient (Wildman–Crippen LogP) is 6.04. The average molecular weight is 531 g/mol. The monoisotopic (exact) mass is 529 g/mol. The van der Waals surface area contributed by atoms with Gasteiger partial charge in [0.1, 0.15) is 16.5 Å². The number of rotatable bonds is 6. The largest absolute Gasteiger partial charge is 0.302 e. The Morgan fingerprint density at radius 2 is 1.67 bits per heavy atom. The summed E-state index contributed by atoms with van der Waals surface area (Å²) in [6.45, 7) is 0. The zero-order chi connectivity index (χ0) is 23.8. The van der Waals surface area contributed by atoms with E-state index in [1.54, 1.807) is 24.3 Å². The SMILES string of the molecule is O=S(=O)(N[C@H](C1=NNC(c2ccc(Cl)cc2)C1)c1ccc(Cl)cc1Cl)c1cc(F)ccc1F. The zero-order valence-electron chi connectivity index (χ0n) is 16.7. The quantitative estimate of drug-likeness (QED) is 0.408. The minimum Gasteiger partial charge on any atom is -0.302 e. The van der Waals surface area contributed by atoms with Crippen LogP contribution in [0, 0.1) is 11.6 Å². The molecule has 1 aliphatic rings. The van der Waals surface area contributed by atoms with Crippen molar-refractivity contribution >= 4 is 50.5 Å². The minimum atomic E-state index is -4.50. The maximum atomic E-state index is 14.3. The van der Waals surface area contributed by atoms with Crippen molar-refractivity contribution in [1.82, 2.24) is 10.1 Å². The Morgan fingerprint density at radius 3 is 2.36 bits per heavy atom. The Balaban J connectivity index is 1.70. The molecule has 0 spiro atoms. The summed E-state index contributed by atoms with van der Waals surface area (Å²) in [5.74, 6) is -1.98. The Hall–Kier alpha value is -2.23. The summed E-state index contributed by atoms with van der Waals surface area (Å²) in [5.41, 5.74) is 4.63. The number of benzene rings is 3. The van der Waals surface area contributed by atoms with Gasteiger partial charge < -0.3 is 5.43 Å². The van der Waals surface area contributed by atoms with Crippen LogP contribution in [0.15, 0.2) is 70.7 Å². The van der Waals surface area contributed by atoms with Gasteiger partial charge in [-0.15, -0.1) is 0 Å². The van der Waals surface area contributed by atoms with Crippen LogP contribution in [-0.4, -0.2) is 14.1 Å². The first kappa shape index (κ1) is 23.9. The second-order valence-corrected chi connectivity index (χ2v) is 10.3. The smallest absolute Gasteiger partial charge is 0.244 e. The molecule has 0 saturated heterocycles. The van der Waals surface area contributed by atoms with E-state index in [1.165, 1.54) is 6.07 Å². The number of nitrogens with zero attached hydrogens (tertiary/aromatic N) is 1. The molecule has 0 radical (unpaired) electrons. The molecule has 2 atom stereocenters. The highest BCUT2D eigenvalue weighted by Crippen LogP contribution is 2.34. The van der Waals surface area contributed by atoms with Gasteiger partial charge in [-0.25, -0.2) is 17.2 Å². The lowest BCUT2D eigenvalue weighted by molar-refractivity contribution is 0.543. The van der Waals surface area contributed by atoms with E-state index in [1.807, 2.05) is 12.1 Å². The lowest BCUT2D eigenvalue weighted by Crippen LogP contribution is -2.34. The van der Waals surface area contributed by atoms with Crippen LogP contribution in [0.25, 0.3) is 0 Å². The molecule has 2 N–H and O–H groups in total. The van der Waals surface area contributed by atoms with Crippen LogP contribution in [0.3, 0.4) is 0 Å². The molecule has 0 amide bonds. The molecule has 1 unspecified atom stereocenters. The van der Waals surface area contributed by atoms with Crippen molar-refractivity contribution < 1.29 is 17.2 Å². The standard InChI is InChI=1S/C22H16Cl3F2N3O2S/c23-13-3-1-12(2-4-13)19-11-20(29-28-19)22(16-7-5-14(24)9-17(16)25)30-33(31,32)21-10-15(26)6-8-18(21)27/h1-10,19,22,28,30H,11H2/t19?,22-/m0/s1. The van der Waals surface area contributed by atoms with Crippen molar-refractivity contribution in [3.05, 3.63) is 98.5 Å². The molecule has 172 valence electrons. The van der Waals surface area contributed by atoms with E-state index in [4.69, 9.17) is 34.8 Å². The van der Waals surface area contributed by atoms with E-state index in [0.717, 1.165) is 17.7 Å². The number of hydrogen-bond acceptors (Lipinski definition) is 4. The summed E-state index contributed by atoms with van der Waals surface area (Å²) in [7, 11) is -4.50. The van der Waals surface area contributed by atoms with Crippen molar-refractivity contribution in [2.24, 2.45) is 5.10 Å². The van der Waals surface area contributed by atoms with Gasteiger partial charge in [-0.2, -0.15) is 9.82 Å². The molecular formula is C22H16Cl3F2N3O2S. The van der Waals surface area contributed by atoms with Crippen LogP contribution in [0.5, 0.6) is 0 Å². The Morgan fingerprint density at radius 1 is 0.970 bits per heavy atom. The first-order chi connectivity index (χ1) is 15.6. The molecule has 33 heavy (non-hydrogen) atoms. The van der Waals surface area contributed by atoms with Crippen LogP contribution < -0.4 is 10.1 Å². The maximum absolute atomic E-state index is 14.3. The molecule has 0 aliphatic carbocycles. The van der Waals surface area contributed by atoms with Gasteiger partial charge in [0.25, 0.3) is 0 Å². The van der Waals surface area contributed by atoms with E-state index >= 15 is 0 Å². The van der Waals surface area contributed by atoms with Gasteiger partial charge in [0.15, 0.2) is 0 Å². The first-order valence-electron chi connectivity index (χ1n) is 9.64. The summed E-state index contributed by atoms with van der Waals surface area (Å²) in [5, 5.41) is 5.44. The molecule has 0 bridgehead atoms. The zero-order valence-corrected chi connectivity index (χ0v) is 19.8. The second kappa shape index (κ2) is 9.56. The molecule has 3 aromatic carbocycles. The van der Waals surface area contributed by atoms with Gasteiger partial charge >= 0.3 is 0 Å². The second-order valence-electron chi connectivity index (χ2n) is 7.34. The van der Waals surface area contributed by atoms with Gasteiger partial charge in [0.2, 0.25) is 10.0 Å². The Kier molecular flexibility index (Phi) is 6.93. The molecule has 1 heterocycles. The minimum absolute atomic E-state index is 0.188. The number of nitrogens with one attached hydrogen (secondary N) is 2. The molecular weight excluding hydrogens is 515 g/mol. The summed E-state index contributed by atoms with van der Waals surface area (Å²) in [6.07, 6.45) is 0.319. The molecule has 0 aromatic heterocycles. The van der Waals surface area contributed by atoms with E-state index in [2.05, 4.69) is 15.2 Å². The van der Waals surface area contributed by atoms with Crippen LogP contribution in [0.1, 0.15) is 29.6 Å². The highest BCUT2D eigenvalue weighted by molar-refractivity contribution is 7.89. The topological polar surface area (TPSA) is 70.6 Å². The van der Waals surface area contributed by atoms with Crippen molar-refractivity contribution in [2.45, 2.75) is 23.4 Å². The summed E-state index contributed by atoms with van der Waals surface area (Å²) < 4.78 is 56.4. The fourth-order valence-electron chi connectivity index (χ4n) is 3.48. The van der Waals surface area contributed by atoms with Crippen molar-refractivity contribution in [1.29, 1.82) is 0 Å². The highest BCUT2D eigenvalue weighted by atomic mass is 35.5. The first-order valence-corrected chi connectivity index (χ1v) is 12.3. The van der Waals surface area contributed by atoms with E-state index in [-0.39, 0.29) is 11.1 Å².